The first-order valence-corrected chi connectivity index (χ1v) is 9.17. The van der Waals surface area contributed by atoms with Crippen LogP contribution in [0.25, 0.3) is 21.9 Å². The number of aryl methyl sites for hydroxylation is 1. The Hall–Kier alpha value is -1.35. The molecule has 0 saturated carbocycles. The second-order valence-corrected chi connectivity index (χ2v) is 8.68. The Labute approximate surface area is 164 Å². The molecule has 0 N–H and O–H groups in total. The molecule has 3 aromatic rings. The maximum Gasteiger partial charge on any atom is 1.00 e. The van der Waals surface area contributed by atoms with E-state index in [1.807, 2.05) is 0 Å². The smallest absolute Gasteiger partial charge is 0.165 e. The zero-order valence-corrected chi connectivity index (χ0v) is 16.5. The molecule has 0 amide bonds. The number of fused-ring (bicyclic) bond motifs is 2. The van der Waals surface area contributed by atoms with Gasteiger partial charge in [-0.15, -0.1) is 28.5 Å². The molecule has 124 valence electrons. The van der Waals surface area contributed by atoms with Gasteiger partial charge in [0.25, 0.3) is 0 Å². The van der Waals surface area contributed by atoms with E-state index in [4.69, 9.17) is 0 Å². The third kappa shape index (κ3) is 3.12. The van der Waals surface area contributed by atoms with Gasteiger partial charge in [0.15, 0.2) is 0 Å². The van der Waals surface area contributed by atoms with Gasteiger partial charge in [0.2, 0.25) is 0 Å². The molecule has 1 aliphatic rings. The first kappa shape index (κ1) is 18.4. The van der Waals surface area contributed by atoms with Crippen molar-refractivity contribution in [1.82, 2.24) is 0 Å². The Bertz CT molecular complexity index is 925. The summed E-state index contributed by atoms with van der Waals surface area (Å²) in [4.78, 5) is 0. The molecule has 4 rings (SSSR count). The summed E-state index contributed by atoms with van der Waals surface area (Å²) in [5, 5.41) is 2.86. The minimum Gasteiger partial charge on any atom is -0.165 e. The summed E-state index contributed by atoms with van der Waals surface area (Å²) in [6, 6.07) is 16.2. The van der Waals surface area contributed by atoms with Gasteiger partial charge in [0.05, 0.1) is 0 Å². The second-order valence-electron chi connectivity index (χ2n) is 8.68. The molecule has 3 aromatic carbocycles. The van der Waals surface area contributed by atoms with Crippen molar-refractivity contribution < 1.29 is 18.9 Å². The quantitative estimate of drug-likeness (QED) is 0.497. The first-order valence-electron chi connectivity index (χ1n) is 9.17. The van der Waals surface area contributed by atoms with Crippen molar-refractivity contribution in [2.75, 3.05) is 0 Å². The molecule has 0 radical (unpaired) electrons. The SMILES string of the molecule is Cc1cc2c(-c3ccccc3C(C)C)c3c(cc2[cH-]1)CC(C)(C)C3.[Li+]. The topological polar surface area (TPSA) is 0 Å². The fourth-order valence-corrected chi connectivity index (χ4v) is 4.56. The minimum absolute atomic E-state index is 0. The van der Waals surface area contributed by atoms with E-state index in [-0.39, 0.29) is 18.9 Å². The van der Waals surface area contributed by atoms with Crippen molar-refractivity contribution in [2.24, 2.45) is 5.41 Å². The van der Waals surface area contributed by atoms with Crippen LogP contribution in [0.15, 0.2) is 42.5 Å². The largest absolute Gasteiger partial charge is 1.00 e. The van der Waals surface area contributed by atoms with E-state index in [0.29, 0.717) is 11.3 Å². The molecule has 25 heavy (non-hydrogen) atoms. The number of benzene rings is 2. The van der Waals surface area contributed by atoms with E-state index in [9.17, 15) is 0 Å². The van der Waals surface area contributed by atoms with E-state index in [1.54, 1.807) is 11.1 Å². The Morgan fingerprint density at radius 2 is 1.76 bits per heavy atom. The Morgan fingerprint density at radius 1 is 1.04 bits per heavy atom. The summed E-state index contributed by atoms with van der Waals surface area (Å²) in [6.45, 7) is 11.6. The van der Waals surface area contributed by atoms with Crippen molar-refractivity contribution in [2.45, 2.75) is 53.4 Å². The maximum absolute atomic E-state index is 2.45. The molecule has 0 saturated heterocycles. The van der Waals surface area contributed by atoms with Crippen LogP contribution in [0.3, 0.4) is 0 Å². The van der Waals surface area contributed by atoms with Crippen LogP contribution in [0.5, 0.6) is 0 Å². The van der Waals surface area contributed by atoms with Crippen LogP contribution >= 0.6 is 0 Å². The predicted octanol–water partition coefficient (Wildman–Crippen LogP) is 3.79. The standard InChI is InChI=1S/C24H27.Li/c1-15(2)19-8-6-7-9-20(19)23-21-11-16(3)10-17(21)12-18-13-24(4,5)14-22(18)23;/h6-12,15H,13-14H2,1-5H3;/q-1;+1. The van der Waals surface area contributed by atoms with Crippen molar-refractivity contribution in [1.29, 1.82) is 0 Å². The van der Waals surface area contributed by atoms with Crippen molar-refractivity contribution in [3.05, 3.63) is 64.7 Å². The van der Waals surface area contributed by atoms with E-state index in [0.717, 1.165) is 0 Å². The maximum atomic E-state index is 2.45. The fourth-order valence-electron chi connectivity index (χ4n) is 4.56. The fraction of sp³-hybridized carbons (Fsp3) is 0.375. The number of hydrogen-bond donors (Lipinski definition) is 0. The van der Waals surface area contributed by atoms with Crippen LogP contribution in [0.1, 0.15) is 55.9 Å². The molecule has 0 bridgehead atoms. The Kier molecular flexibility index (Phi) is 4.74. The van der Waals surface area contributed by atoms with Gasteiger partial charge in [-0.05, 0) is 35.3 Å². The van der Waals surface area contributed by atoms with E-state index >= 15 is 0 Å². The molecule has 0 atom stereocenters. The van der Waals surface area contributed by atoms with Crippen LogP contribution in [-0.4, -0.2) is 0 Å². The monoisotopic (exact) mass is 322 g/mol. The third-order valence-electron chi connectivity index (χ3n) is 5.53. The summed E-state index contributed by atoms with van der Waals surface area (Å²) in [6.07, 6.45) is 2.38. The summed E-state index contributed by atoms with van der Waals surface area (Å²) in [7, 11) is 0. The summed E-state index contributed by atoms with van der Waals surface area (Å²) in [5.74, 6) is 0.539. The third-order valence-corrected chi connectivity index (χ3v) is 5.53. The molecular formula is C24H27Li. The van der Waals surface area contributed by atoms with Crippen LogP contribution in [-0.2, 0) is 12.8 Å². The molecule has 1 aliphatic carbocycles. The molecule has 0 unspecified atom stereocenters. The molecule has 0 aromatic heterocycles. The number of hydrogen-bond acceptors (Lipinski definition) is 0. The minimum atomic E-state index is 0. The van der Waals surface area contributed by atoms with Gasteiger partial charge in [-0.3, -0.25) is 0 Å². The zero-order chi connectivity index (χ0) is 17.1. The first-order chi connectivity index (χ1) is 11.4. The van der Waals surface area contributed by atoms with E-state index < -0.39 is 0 Å². The summed E-state index contributed by atoms with van der Waals surface area (Å²) >= 11 is 0. The molecule has 0 heterocycles. The normalized spacial score (nSPS) is 15.4. The summed E-state index contributed by atoms with van der Waals surface area (Å²) in [5.41, 5.74) is 9.31. The van der Waals surface area contributed by atoms with Crippen molar-refractivity contribution in [3.8, 4) is 11.1 Å². The van der Waals surface area contributed by atoms with Gasteiger partial charge in [-0.1, -0.05) is 75.6 Å². The molecule has 1 heteroatoms. The average molecular weight is 322 g/mol. The van der Waals surface area contributed by atoms with Crippen LogP contribution < -0.4 is 18.9 Å². The van der Waals surface area contributed by atoms with Crippen LogP contribution in [0.2, 0.25) is 0 Å². The zero-order valence-electron chi connectivity index (χ0n) is 16.5. The van der Waals surface area contributed by atoms with Gasteiger partial charge in [0.1, 0.15) is 0 Å². The predicted molar refractivity (Wildman–Crippen MR) is 105 cm³/mol. The van der Waals surface area contributed by atoms with E-state index in [1.165, 1.54) is 45.9 Å². The Morgan fingerprint density at radius 3 is 2.48 bits per heavy atom. The van der Waals surface area contributed by atoms with Gasteiger partial charge in [0, 0.05) is 0 Å². The van der Waals surface area contributed by atoms with Crippen molar-refractivity contribution in [3.63, 3.8) is 0 Å². The average Bonchev–Trinajstić information content (AvgIpc) is 3.01. The van der Waals surface area contributed by atoms with Crippen LogP contribution in [0.4, 0.5) is 0 Å². The van der Waals surface area contributed by atoms with E-state index in [2.05, 4.69) is 77.1 Å². The van der Waals surface area contributed by atoms with Gasteiger partial charge in [-0.2, -0.15) is 6.07 Å². The van der Waals surface area contributed by atoms with Crippen molar-refractivity contribution >= 4 is 10.8 Å². The van der Waals surface area contributed by atoms with Gasteiger partial charge < -0.3 is 0 Å². The molecule has 0 nitrogen and oxygen atoms in total. The second kappa shape index (κ2) is 6.42. The van der Waals surface area contributed by atoms with Gasteiger partial charge in [-0.25, -0.2) is 0 Å². The van der Waals surface area contributed by atoms with Crippen LogP contribution in [0, 0.1) is 12.3 Å². The molecule has 0 spiro atoms. The molecule has 0 fully saturated rings. The van der Waals surface area contributed by atoms with Gasteiger partial charge >= 0.3 is 18.9 Å². The molecular weight excluding hydrogens is 295 g/mol. The number of rotatable bonds is 2. The molecule has 0 aliphatic heterocycles. The summed E-state index contributed by atoms with van der Waals surface area (Å²) < 4.78 is 0. The Balaban J connectivity index is 0.00000182.